The maximum Gasteiger partial charge on any atom is 0.272 e. The van der Waals surface area contributed by atoms with Gasteiger partial charge in [0.1, 0.15) is 5.69 Å². The fourth-order valence-electron chi connectivity index (χ4n) is 1.88. The summed E-state index contributed by atoms with van der Waals surface area (Å²) >= 11 is 5.82. The first kappa shape index (κ1) is 12.3. The van der Waals surface area contributed by atoms with Gasteiger partial charge in [0.05, 0.1) is 5.60 Å². The molecule has 0 atom stereocenters. The number of aliphatic hydroxyl groups is 1. The van der Waals surface area contributed by atoms with Gasteiger partial charge in [-0.3, -0.25) is 9.78 Å². The van der Waals surface area contributed by atoms with Crippen LogP contribution in [-0.2, 0) is 0 Å². The number of rotatable bonds is 1. The van der Waals surface area contributed by atoms with E-state index in [1.807, 2.05) is 0 Å². The van der Waals surface area contributed by atoms with Crippen LogP contribution in [0.4, 0.5) is 0 Å². The first-order chi connectivity index (χ1) is 7.98. The number of aromatic nitrogens is 1. The van der Waals surface area contributed by atoms with E-state index < -0.39 is 5.60 Å². The fraction of sp³-hybridized carbons (Fsp3) is 0.500. The molecule has 4 nitrogen and oxygen atoms in total. The summed E-state index contributed by atoms with van der Waals surface area (Å²) in [5, 5.41) is 10.3. The molecule has 17 heavy (non-hydrogen) atoms. The highest BCUT2D eigenvalue weighted by Crippen LogP contribution is 2.22. The molecule has 0 aliphatic carbocycles. The zero-order valence-electron chi connectivity index (χ0n) is 9.69. The molecule has 2 rings (SSSR count). The van der Waals surface area contributed by atoms with Gasteiger partial charge in [0.25, 0.3) is 5.91 Å². The minimum Gasteiger partial charge on any atom is -0.390 e. The number of likely N-dealkylation sites (tertiary alicyclic amines) is 1. The third-order valence-electron chi connectivity index (χ3n) is 3.07. The molecule has 1 aromatic heterocycles. The van der Waals surface area contributed by atoms with Gasteiger partial charge < -0.3 is 10.0 Å². The normalized spacial score (nSPS) is 19.1. The number of hydrogen-bond acceptors (Lipinski definition) is 3. The quantitative estimate of drug-likeness (QED) is 0.830. The van der Waals surface area contributed by atoms with Crippen LogP contribution in [0.25, 0.3) is 0 Å². The largest absolute Gasteiger partial charge is 0.390 e. The van der Waals surface area contributed by atoms with Gasteiger partial charge in [0.2, 0.25) is 0 Å². The van der Waals surface area contributed by atoms with Crippen LogP contribution in [0.5, 0.6) is 0 Å². The van der Waals surface area contributed by atoms with E-state index in [1.165, 1.54) is 6.20 Å². The van der Waals surface area contributed by atoms with E-state index in [0.717, 1.165) is 0 Å². The average molecular weight is 255 g/mol. The molecule has 0 saturated carbocycles. The number of halogens is 1. The predicted octanol–water partition coefficient (Wildman–Crippen LogP) is 1.72. The summed E-state index contributed by atoms with van der Waals surface area (Å²) in [7, 11) is 0. The van der Waals surface area contributed by atoms with Crippen molar-refractivity contribution in [2.45, 2.75) is 25.4 Å². The molecule has 2 heterocycles. The Hall–Kier alpha value is -1.13. The molecule has 0 spiro atoms. The smallest absolute Gasteiger partial charge is 0.272 e. The molecule has 1 aromatic rings. The van der Waals surface area contributed by atoms with Crippen LogP contribution in [0.2, 0.25) is 5.02 Å². The molecule has 1 fully saturated rings. The zero-order chi connectivity index (χ0) is 12.5. The van der Waals surface area contributed by atoms with Crippen molar-refractivity contribution in [1.29, 1.82) is 0 Å². The van der Waals surface area contributed by atoms with Crippen LogP contribution in [0, 0.1) is 0 Å². The first-order valence-electron chi connectivity index (χ1n) is 5.61. The highest BCUT2D eigenvalue weighted by atomic mass is 35.5. The summed E-state index contributed by atoms with van der Waals surface area (Å²) in [5.41, 5.74) is -0.294. The average Bonchev–Trinajstić information content (AvgIpc) is 2.28. The topological polar surface area (TPSA) is 53.4 Å². The Morgan fingerprint density at radius 3 is 2.76 bits per heavy atom. The summed E-state index contributed by atoms with van der Waals surface area (Å²) in [4.78, 5) is 17.8. The monoisotopic (exact) mass is 254 g/mol. The molecule has 0 aromatic carbocycles. The van der Waals surface area contributed by atoms with E-state index >= 15 is 0 Å². The molecule has 1 N–H and O–H groups in total. The van der Waals surface area contributed by atoms with Crippen LogP contribution in [0.1, 0.15) is 30.3 Å². The fourth-order valence-corrected chi connectivity index (χ4v) is 2.03. The van der Waals surface area contributed by atoms with Crippen molar-refractivity contribution >= 4 is 17.5 Å². The zero-order valence-corrected chi connectivity index (χ0v) is 10.4. The molecule has 1 saturated heterocycles. The molecule has 0 unspecified atom stereocenters. The van der Waals surface area contributed by atoms with Gasteiger partial charge >= 0.3 is 0 Å². The van der Waals surface area contributed by atoms with E-state index in [-0.39, 0.29) is 5.91 Å². The molecule has 92 valence electrons. The standard InChI is InChI=1S/C12H15ClN2O2/c1-12(17)3-6-15(7-4-12)11(16)10-8-9(13)2-5-14-10/h2,5,8,17H,3-4,6-7H2,1H3. The van der Waals surface area contributed by atoms with Crippen molar-refractivity contribution in [3.05, 3.63) is 29.0 Å². The highest BCUT2D eigenvalue weighted by molar-refractivity contribution is 6.30. The van der Waals surface area contributed by atoms with Crippen LogP contribution >= 0.6 is 11.6 Å². The third kappa shape index (κ3) is 2.96. The van der Waals surface area contributed by atoms with Gasteiger partial charge in [-0.25, -0.2) is 0 Å². The predicted molar refractivity (Wildman–Crippen MR) is 65.0 cm³/mol. The molecule has 5 heteroatoms. The van der Waals surface area contributed by atoms with Crippen LogP contribution < -0.4 is 0 Å². The summed E-state index contributed by atoms with van der Waals surface area (Å²) < 4.78 is 0. The molecular formula is C12H15ClN2O2. The second-order valence-electron chi connectivity index (χ2n) is 4.65. The van der Waals surface area contributed by atoms with E-state index in [0.29, 0.717) is 36.6 Å². The van der Waals surface area contributed by atoms with Crippen LogP contribution in [0.3, 0.4) is 0 Å². The molecule has 1 aliphatic rings. The summed E-state index contributed by atoms with van der Waals surface area (Å²) in [5.74, 6) is -0.122. The lowest BCUT2D eigenvalue weighted by molar-refractivity contribution is -0.00219. The number of carbonyl (C=O) groups excluding carboxylic acids is 1. The van der Waals surface area contributed by atoms with Crippen molar-refractivity contribution in [2.24, 2.45) is 0 Å². The molecule has 1 amide bonds. The lowest BCUT2D eigenvalue weighted by atomic mass is 9.94. The molecule has 0 bridgehead atoms. The maximum absolute atomic E-state index is 12.1. The van der Waals surface area contributed by atoms with E-state index in [9.17, 15) is 9.90 Å². The Balaban J connectivity index is 2.07. The number of amides is 1. The van der Waals surface area contributed by atoms with Crippen molar-refractivity contribution in [2.75, 3.05) is 13.1 Å². The number of nitrogens with zero attached hydrogens (tertiary/aromatic N) is 2. The van der Waals surface area contributed by atoms with Crippen LogP contribution in [-0.4, -0.2) is 39.6 Å². The van der Waals surface area contributed by atoms with Gasteiger partial charge in [-0.15, -0.1) is 0 Å². The lowest BCUT2D eigenvalue weighted by Crippen LogP contribution is -2.45. The van der Waals surface area contributed by atoms with Gasteiger partial charge in [0, 0.05) is 24.3 Å². The van der Waals surface area contributed by atoms with Gasteiger partial charge in [-0.2, -0.15) is 0 Å². The summed E-state index contributed by atoms with van der Waals surface area (Å²) in [6.45, 7) is 2.91. The van der Waals surface area contributed by atoms with Crippen molar-refractivity contribution < 1.29 is 9.90 Å². The molecule has 0 radical (unpaired) electrons. The number of hydrogen-bond donors (Lipinski definition) is 1. The first-order valence-corrected chi connectivity index (χ1v) is 5.99. The second-order valence-corrected chi connectivity index (χ2v) is 5.08. The molecular weight excluding hydrogens is 240 g/mol. The van der Waals surface area contributed by atoms with E-state index in [4.69, 9.17) is 11.6 Å². The van der Waals surface area contributed by atoms with Crippen molar-refractivity contribution in [3.63, 3.8) is 0 Å². The van der Waals surface area contributed by atoms with Gasteiger partial charge in [-0.1, -0.05) is 11.6 Å². The Morgan fingerprint density at radius 1 is 1.53 bits per heavy atom. The highest BCUT2D eigenvalue weighted by Gasteiger charge is 2.30. The number of carbonyl (C=O) groups is 1. The third-order valence-corrected chi connectivity index (χ3v) is 3.30. The van der Waals surface area contributed by atoms with E-state index in [1.54, 1.807) is 24.0 Å². The Kier molecular flexibility index (Phi) is 3.35. The lowest BCUT2D eigenvalue weighted by Gasteiger charge is -2.35. The SMILES string of the molecule is CC1(O)CCN(C(=O)c2cc(Cl)ccn2)CC1. The van der Waals surface area contributed by atoms with Crippen molar-refractivity contribution in [3.8, 4) is 0 Å². The maximum atomic E-state index is 12.1. The number of piperidine rings is 1. The minimum absolute atomic E-state index is 0.122. The van der Waals surface area contributed by atoms with Gasteiger partial charge in [0.15, 0.2) is 0 Å². The van der Waals surface area contributed by atoms with Crippen LogP contribution in [0.15, 0.2) is 18.3 Å². The molecule has 1 aliphatic heterocycles. The number of pyridine rings is 1. The second kappa shape index (κ2) is 4.63. The Labute approximate surface area is 105 Å². The Bertz CT molecular complexity index is 424. The van der Waals surface area contributed by atoms with E-state index in [2.05, 4.69) is 4.98 Å². The Morgan fingerprint density at radius 2 is 2.18 bits per heavy atom. The summed E-state index contributed by atoms with van der Waals surface area (Å²) in [6.07, 6.45) is 2.72. The summed E-state index contributed by atoms with van der Waals surface area (Å²) in [6, 6.07) is 3.20. The minimum atomic E-state index is -0.654. The van der Waals surface area contributed by atoms with Crippen molar-refractivity contribution in [1.82, 2.24) is 9.88 Å². The van der Waals surface area contributed by atoms with Gasteiger partial charge in [-0.05, 0) is 31.9 Å².